The second-order valence-corrected chi connectivity index (χ2v) is 2.10. The Morgan fingerprint density at radius 3 is 1.75 bits per heavy atom. The van der Waals surface area contributed by atoms with Crippen LogP contribution in [0.4, 0.5) is 0 Å². The van der Waals surface area contributed by atoms with Crippen molar-refractivity contribution in [2.24, 2.45) is 5.73 Å². The highest BCUT2D eigenvalue weighted by molar-refractivity contribution is 5.68. The van der Waals surface area contributed by atoms with Crippen LogP contribution in [0.2, 0.25) is 0 Å². The van der Waals surface area contributed by atoms with Gasteiger partial charge in [0, 0.05) is 6.42 Å². The fourth-order valence-corrected chi connectivity index (χ4v) is 0.328. The molecule has 0 aliphatic heterocycles. The van der Waals surface area contributed by atoms with Gasteiger partial charge in [-0.2, -0.15) is 0 Å². The van der Waals surface area contributed by atoms with Gasteiger partial charge >= 0.3 is 11.9 Å². The number of carboxylic acids is 2. The average Bonchev–Trinajstić information content (AvgIpc) is 2.02. The van der Waals surface area contributed by atoms with Gasteiger partial charge in [-0.15, -0.1) is 0 Å². The predicted octanol–water partition coefficient (Wildman–Crippen LogP) is 0.291. The summed E-state index contributed by atoms with van der Waals surface area (Å²) >= 11 is 0. The first-order chi connectivity index (χ1) is 5.54. The summed E-state index contributed by atoms with van der Waals surface area (Å²) in [6.45, 7) is 1.70. The van der Waals surface area contributed by atoms with E-state index >= 15 is 0 Å². The summed E-state index contributed by atoms with van der Waals surface area (Å²) in [6.07, 6.45) is 2.08. The molecule has 0 amide bonds. The molecule has 0 aliphatic carbocycles. The molecule has 0 aromatic heterocycles. The zero-order valence-corrected chi connectivity index (χ0v) is 7.12. The molecule has 0 aromatic rings. The van der Waals surface area contributed by atoms with Gasteiger partial charge in [-0.3, -0.25) is 9.59 Å². The molecule has 4 N–H and O–H groups in total. The Morgan fingerprint density at radius 1 is 1.25 bits per heavy atom. The Balaban J connectivity index is 0. The Morgan fingerprint density at radius 2 is 1.67 bits per heavy atom. The van der Waals surface area contributed by atoms with Gasteiger partial charge in [0.2, 0.25) is 0 Å². The SMILES string of the molecule is CCCCC(=O)O.NCC(=O)O. The molecule has 0 saturated heterocycles. The molecule has 0 atom stereocenters. The van der Waals surface area contributed by atoms with Gasteiger partial charge in [-0.05, 0) is 6.42 Å². The highest BCUT2D eigenvalue weighted by atomic mass is 16.4. The lowest BCUT2D eigenvalue weighted by Crippen LogP contribution is -2.10. The number of hydrogen-bond acceptors (Lipinski definition) is 3. The summed E-state index contributed by atoms with van der Waals surface area (Å²) in [5.74, 6) is -1.66. The van der Waals surface area contributed by atoms with Crippen molar-refractivity contribution >= 4 is 11.9 Å². The normalized spacial score (nSPS) is 8.17. The minimum atomic E-state index is -0.968. The fraction of sp³-hybridized carbons (Fsp3) is 0.714. The zero-order valence-electron chi connectivity index (χ0n) is 7.12. The van der Waals surface area contributed by atoms with Crippen LogP contribution >= 0.6 is 0 Å². The van der Waals surface area contributed by atoms with E-state index in [-0.39, 0.29) is 6.54 Å². The molecule has 0 bridgehead atoms. The topological polar surface area (TPSA) is 101 Å². The summed E-state index contributed by atoms with van der Waals surface area (Å²) in [7, 11) is 0. The van der Waals surface area contributed by atoms with Crippen molar-refractivity contribution in [3.8, 4) is 0 Å². The van der Waals surface area contributed by atoms with E-state index in [4.69, 9.17) is 10.2 Å². The summed E-state index contributed by atoms with van der Waals surface area (Å²) in [4.78, 5) is 19.0. The van der Waals surface area contributed by atoms with Crippen LogP contribution in [0.3, 0.4) is 0 Å². The highest BCUT2D eigenvalue weighted by Crippen LogP contribution is 1.91. The maximum Gasteiger partial charge on any atom is 0.317 e. The number of unbranched alkanes of at least 4 members (excludes halogenated alkanes) is 1. The average molecular weight is 177 g/mol. The Kier molecular flexibility index (Phi) is 11.1. The largest absolute Gasteiger partial charge is 0.481 e. The van der Waals surface area contributed by atoms with Gasteiger partial charge in [-0.1, -0.05) is 13.3 Å². The lowest BCUT2D eigenvalue weighted by molar-refractivity contribution is -0.137. The summed E-state index contributed by atoms with van der Waals surface area (Å²) in [5.41, 5.74) is 4.57. The minimum Gasteiger partial charge on any atom is -0.481 e. The van der Waals surface area contributed by atoms with Gasteiger partial charge in [0.15, 0.2) is 0 Å². The second kappa shape index (κ2) is 9.90. The van der Waals surface area contributed by atoms with Gasteiger partial charge in [-0.25, -0.2) is 0 Å². The third kappa shape index (κ3) is 23.1. The third-order valence-corrected chi connectivity index (χ3v) is 0.919. The van der Waals surface area contributed by atoms with E-state index in [9.17, 15) is 9.59 Å². The van der Waals surface area contributed by atoms with Crippen LogP contribution in [-0.4, -0.2) is 28.7 Å². The van der Waals surface area contributed by atoms with Gasteiger partial charge in [0.25, 0.3) is 0 Å². The van der Waals surface area contributed by atoms with Crippen molar-refractivity contribution in [1.29, 1.82) is 0 Å². The van der Waals surface area contributed by atoms with Gasteiger partial charge < -0.3 is 15.9 Å². The molecular formula is C7H15NO4. The van der Waals surface area contributed by atoms with E-state index in [1.807, 2.05) is 6.92 Å². The quantitative estimate of drug-likeness (QED) is 0.573. The molecule has 0 radical (unpaired) electrons. The van der Waals surface area contributed by atoms with Crippen molar-refractivity contribution in [2.75, 3.05) is 6.54 Å². The van der Waals surface area contributed by atoms with E-state index in [0.717, 1.165) is 12.8 Å². The summed E-state index contributed by atoms with van der Waals surface area (Å²) in [5, 5.41) is 15.6. The number of nitrogens with two attached hydrogens (primary N) is 1. The molecule has 0 unspecified atom stereocenters. The second-order valence-electron chi connectivity index (χ2n) is 2.10. The molecule has 0 rings (SSSR count). The molecule has 0 aromatic carbocycles. The number of carbonyl (C=O) groups is 2. The minimum absolute atomic E-state index is 0.278. The summed E-state index contributed by atoms with van der Waals surface area (Å²) < 4.78 is 0. The first kappa shape index (κ1) is 13.5. The highest BCUT2D eigenvalue weighted by Gasteiger charge is 1.90. The van der Waals surface area contributed by atoms with E-state index < -0.39 is 11.9 Å². The Hall–Kier alpha value is -1.10. The maximum atomic E-state index is 9.76. The van der Waals surface area contributed by atoms with Crippen LogP contribution in [0.1, 0.15) is 26.2 Å². The molecule has 12 heavy (non-hydrogen) atoms. The molecule has 0 heterocycles. The van der Waals surface area contributed by atoms with Crippen LogP contribution < -0.4 is 5.73 Å². The van der Waals surface area contributed by atoms with Crippen molar-refractivity contribution in [2.45, 2.75) is 26.2 Å². The zero-order chi connectivity index (χ0) is 9.98. The first-order valence-electron chi connectivity index (χ1n) is 3.68. The molecule has 0 aliphatic rings. The Bertz CT molecular complexity index is 135. The van der Waals surface area contributed by atoms with Crippen molar-refractivity contribution in [3.05, 3.63) is 0 Å². The van der Waals surface area contributed by atoms with E-state index in [1.54, 1.807) is 0 Å². The summed E-state index contributed by atoms with van der Waals surface area (Å²) in [6, 6.07) is 0. The smallest absolute Gasteiger partial charge is 0.317 e. The van der Waals surface area contributed by atoms with Crippen molar-refractivity contribution < 1.29 is 19.8 Å². The maximum absolute atomic E-state index is 9.76. The van der Waals surface area contributed by atoms with Crippen LogP contribution in [0, 0.1) is 0 Å². The molecule has 0 spiro atoms. The fourth-order valence-electron chi connectivity index (χ4n) is 0.328. The van der Waals surface area contributed by atoms with E-state index in [2.05, 4.69) is 5.73 Å². The van der Waals surface area contributed by atoms with Crippen molar-refractivity contribution in [3.63, 3.8) is 0 Å². The first-order valence-corrected chi connectivity index (χ1v) is 3.68. The monoisotopic (exact) mass is 177 g/mol. The molecule has 5 nitrogen and oxygen atoms in total. The number of hydrogen-bond donors (Lipinski definition) is 3. The molecule has 72 valence electrons. The molecule has 0 fully saturated rings. The van der Waals surface area contributed by atoms with Crippen LogP contribution in [0.25, 0.3) is 0 Å². The number of aliphatic carboxylic acids is 2. The van der Waals surface area contributed by atoms with Crippen molar-refractivity contribution in [1.82, 2.24) is 0 Å². The number of rotatable bonds is 4. The predicted molar refractivity (Wildman–Crippen MR) is 43.9 cm³/mol. The molecule has 0 saturated carbocycles. The molecule has 5 heteroatoms. The Labute approximate surface area is 71.2 Å². The van der Waals surface area contributed by atoms with Gasteiger partial charge in [0.1, 0.15) is 0 Å². The lowest BCUT2D eigenvalue weighted by atomic mass is 10.3. The van der Waals surface area contributed by atoms with Crippen LogP contribution in [0.5, 0.6) is 0 Å². The number of carboxylic acid groups (broad SMARTS) is 2. The standard InChI is InChI=1S/C5H10O2.C2H5NO2/c1-2-3-4-5(6)7;3-1-2(4)5/h2-4H2,1H3,(H,6,7);1,3H2,(H,4,5). The third-order valence-electron chi connectivity index (χ3n) is 0.919. The van der Waals surface area contributed by atoms with Gasteiger partial charge in [0.05, 0.1) is 6.54 Å². The van der Waals surface area contributed by atoms with Crippen LogP contribution in [0.15, 0.2) is 0 Å². The lowest BCUT2D eigenvalue weighted by Gasteiger charge is -1.85. The van der Waals surface area contributed by atoms with E-state index in [0.29, 0.717) is 6.42 Å². The van der Waals surface area contributed by atoms with Crippen LogP contribution in [-0.2, 0) is 9.59 Å². The molecular weight excluding hydrogens is 162 g/mol. The van der Waals surface area contributed by atoms with E-state index in [1.165, 1.54) is 0 Å².